The number of likely N-dealkylation sites (N-methyl/N-ethyl adjacent to an activating group) is 1. The fourth-order valence-electron chi connectivity index (χ4n) is 8.79. The Hall–Kier alpha value is -2.05. The van der Waals surface area contributed by atoms with Gasteiger partial charge in [-0.1, -0.05) is 31.2 Å². The predicted molar refractivity (Wildman–Crippen MR) is 136 cm³/mol. The van der Waals surface area contributed by atoms with Crippen molar-refractivity contribution in [1.82, 2.24) is 9.88 Å². The van der Waals surface area contributed by atoms with Crippen molar-refractivity contribution in [2.45, 2.75) is 80.8 Å². The molecule has 8 atom stereocenters. The second kappa shape index (κ2) is 7.25. The van der Waals surface area contributed by atoms with Crippen LogP contribution in [0.25, 0.3) is 10.8 Å². The van der Waals surface area contributed by atoms with Crippen LogP contribution in [-0.2, 0) is 4.74 Å². The zero-order chi connectivity index (χ0) is 24.2. The number of fused-ring (bicyclic) bond motifs is 2. The Balaban J connectivity index is 1.29. The van der Waals surface area contributed by atoms with E-state index in [-0.39, 0.29) is 17.1 Å². The summed E-state index contributed by atoms with van der Waals surface area (Å²) in [6.45, 7) is 2.49. The lowest BCUT2D eigenvalue weighted by molar-refractivity contribution is -0.165. The maximum Gasteiger partial charge on any atom is 0.105 e. The fraction of sp³-hybridized carbons (Fsp3) is 0.567. The number of rotatable bonds is 2. The first-order chi connectivity index (χ1) is 16.8. The molecule has 1 aromatic heterocycles. The average molecular weight is 473 g/mol. The van der Waals surface area contributed by atoms with E-state index in [0.717, 1.165) is 37.7 Å². The first-order valence-electron chi connectivity index (χ1n) is 13.3. The van der Waals surface area contributed by atoms with Crippen molar-refractivity contribution in [2.75, 3.05) is 14.1 Å². The largest absolute Gasteiger partial charge is 0.388 e. The van der Waals surface area contributed by atoms with E-state index in [9.17, 15) is 10.2 Å². The van der Waals surface area contributed by atoms with Gasteiger partial charge in [0, 0.05) is 23.8 Å². The van der Waals surface area contributed by atoms with Crippen LogP contribution in [-0.4, -0.2) is 63.6 Å². The van der Waals surface area contributed by atoms with Gasteiger partial charge in [-0.3, -0.25) is 4.98 Å². The van der Waals surface area contributed by atoms with Gasteiger partial charge in [0.05, 0.1) is 17.3 Å². The number of pyridine rings is 1. The van der Waals surface area contributed by atoms with E-state index in [1.165, 1.54) is 28.3 Å². The van der Waals surface area contributed by atoms with Gasteiger partial charge in [0.1, 0.15) is 6.10 Å². The highest BCUT2D eigenvalue weighted by atomic mass is 16.5. The third-order valence-electron chi connectivity index (χ3n) is 10.6. The average Bonchev–Trinajstić information content (AvgIpc) is 3.37. The van der Waals surface area contributed by atoms with Crippen LogP contribution in [0.15, 0.2) is 60.0 Å². The molecule has 0 unspecified atom stereocenters. The lowest BCUT2D eigenvalue weighted by atomic mass is 9.58. The number of nitrogens with zero attached hydrogens (tertiary/aromatic N) is 2. The van der Waals surface area contributed by atoms with Crippen molar-refractivity contribution in [3.05, 3.63) is 65.5 Å². The zero-order valence-corrected chi connectivity index (χ0v) is 20.9. The maximum atomic E-state index is 11.2. The van der Waals surface area contributed by atoms with E-state index in [4.69, 9.17) is 4.74 Å². The highest BCUT2D eigenvalue weighted by molar-refractivity contribution is 5.82. The maximum absolute atomic E-state index is 11.2. The van der Waals surface area contributed by atoms with Crippen LogP contribution in [0.1, 0.15) is 56.9 Å². The van der Waals surface area contributed by atoms with Crippen molar-refractivity contribution in [3.63, 3.8) is 0 Å². The van der Waals surface area contributed by atoms with Crippen LogP contribution >= 0.6 is 0 Å². The molecule has 2 aliphatic heterocycles. The van der Waals surface area contributed by atoms with E-state index >= 15 is 0 Å². The summed E-state index contributed by atoms with van der Waals surface area (Å²) in [5.41, 5.74) is 2.97. The second-order valence-corrected chi connectivity index (χ2v) is 12.3. The number of benzene rings is 1. The minimum Gasteiger partial charge on any atom is -0.388 e. The number of allylic oxidation sites excluding steroid dienone is 1. The van der Waals surface area contributed by atoms with Crippen LogP contribution in [0, 0.1) is 11.3 Å². The van der Waals surface area contributed by atoms with Gasteiger partial charge in [0.25, 0.3) is 0 Å². The summed E-state index contributed by atoms with van der Waals surface area (Å²) in [6, 6.07) is 8.90. The van der Waals surface area contributed by atoms with Gasteiger partial charge >= 0.3 is 0 Å². The molecule has 2 spiro atoms. The minimum atomic E-state index is -0.871. The van der Waals surface area contributed by atoms with Gasteiger partial charge in [-0.2, -0.15) is 0 Å². The Morgan fingerprint density at radius 1 is 1.09 bits per heavy atom. The van der Waals surface area contributed by atoms with E-state index in [2.05, 4.69) is 48.3 Å². The molecule has 184 valence electrons. The topological polar surface area (TPSA) is 65.8 Å². The smallest absolute Gasteiger partial charge is 0.105 e. The van der Waals surface area contributed by atoms with E-state index in [0.29, 0.717) is 11.8 Å². The lowest BCUT2D eigenvalue weighted by Crippen LogP contribution is -2.61. The van der Waals surface area contributed by atoms with Gasteiger partial charge in [-0.15, -0.1) is 0 Å². The normalized spacial score (nSPS) is 44.0. The molecular weight excluding hydrogens is 436 g/mol. The monoisotopic (exact) mass is 472 g/mol. The first-order valence-corrected chi connectivity index (χ1v) is 13.3. The standard InChI is InChI=1S/C30H36N2O3/c1-28-10-8-21-15-23-26(33)27(34)24(32(2)3)16-29(23)11-12-30(21,35-29)25(28)7-6-22(28)19-5-4-18-9-13-31-17-20(18)14-19/h4-5,8-9,13-15,17,22,24-27,33-34H,6-7,10-12,16H2,1-3H3/t22-,24-,25+,26+,27+,28+,29+,30+/m0/s1. The molecule has 3 fully saturated rings. The van der Waals surface area contributed by atoms with Crippen molar-refractivity contribution in [2.24, 2.45) is 11.3 Å². The molecule has 5 heteroatoms. The Morgan fingerprint density at radius 3 is 2.77 bits per heavy atom. The van der Waals surface area contributed by atoms with Crippen molar-refractivity contribution in [3.8, 4) is 0 Å². The summed E-state index contributed by atoms with van der Waals surface area (Å²) in [5.74, 6) is 0.937. The molecule has 35 heavy (non-hydrogen) atoms. The Morgan fingerprint density at radius 2 is 1.94 bits per heavy atom. The van der Waals surface area contributed by atoms with Crippen molar-refractivity contribution < 1.29 is 14.9 Å². The molecule has 1 aromatic carbocycles. The Labute approximate surface area is 207 Å². The summed E-state index contributed by atoms with van der Waals surface area (Å²) < 4.78 is 7.27. The highest BCUT2D eigenvalue weighted by Crippen LogP contribution is 2.69. The fourth-order valence-corrected chi connectivity index (χ4v) is 8.79. The number of aliphatic hydroxyl groups excluding tert-OH is 2. The van der Waals surface area contributed by atoms with Gasteiger partial charge in [-0.05, 0) is 104 Å². The number of ether oxygens (including phenoxy) is 1. The molecule has 0 amide bonds. The van der Waals surface area contributed by atoms with Crippen LogP contribution < -0.4 is 0 Å². The quantitative estimate of drug-likeness (QED) is 0.680. The molecule has 7 rings (SSSR count). The second-order valence-electron chi connectivity index (χ2n) is 12.3. The Kier molecular flexibility index (Phi) is 4.60. The summed E-state index contributed by atoms with van der Waals surface area (Å²) >= 11 is 0. The zero-order valence-electron chi connectivity index (χ0n) is 20.9. The van der Waals surface area contributed by atoms with Gasteiger partial charge in [0.2, 0.25) is 0 Å². The van der Waals surface area contributed by atoms with Crippen molar-refractivity contribution in [1.29, 1.82) is 0 Å². The third-order valence-corrected chi connectivity index (χ3v) is 10.6. The molecule has 2 N–H and O–H groups in total. The predicted octanol–water partition coefficient (Wildman–Crippen LogP) is 4.35. The molecule has 5 aliphatic rings. The van der Waals surface area contributed by atoms with Gasteiger partial charge in [0.15, 0.2) is 0 Å². The molecule has 2 saturated carbocycles. The molecule has 2 aromatic rings. The molecule has 5 nitrogen and oxygen atoms in total. The van der Waals surface area contributed by atoms with Crippen LogP contribution in [0.2, 0.25) is 0 Å². The SMILES string of the molecule is CN(C)[C@H]1C[C@@]23CC[C@@]4(O2)C(=CC[C@@]2(C)[C@H]4CC[C@H]2c2ccc4ccncc4c2)C=C3[C@@H](O)[C@@H]1O. The van der Waals surface area contributed by atoms with E-state index in [1.54, 1.807) is 0 Å². The number of hydrogen-bond donors (Lipinski definition) is 2. The highest BCUT2D eigenvalue weighted by Gasteiger charge is 2.68. The van der Waals surface area contributed by atoms with Gasteiger partial charge in [-0.25, -0.2) is 0 Å². The minimum absolute atomic E-state index is 0.111. The molecule has 3 aliphatic carbocycles. The number of aliphatic hydroxyl groups is 2. The Bertz CT molecular complexity index is 1270. The summed E-state index contributed by atoms with van der Waals surface area (Å²) in [5, 5.41) is 24.5. The number of hydrogen-bond acceptors (Lipinski definition) is 5. The van der Waals surface area contributed by atoms with Gasteiger partial charge < -0.3 is 19.8 Å². The summed E-state index contributed by atoms with van der Waals surface area (Å²) in [6.07, 6.45) is 12.8. The third kappa shape index (κ3) is 2.81. The number of aromatic nitrogens is 1. The first kappa shape index (κ1) is 22.2. The summed E-state index contributed by atoms with van der Waals surface area (Å²) in [7, 11) is 3.98. The van der Waals surface area contributed by atoms with E-state index in [1.807, 2.05) is 31.4 Å². The van der Waals surface area contributed by atoms with Crippen LogP contribution in [0.3, 0.4) is 0 Å². The molecule has 2 bridgehead atoms. The molecule has 0 radical (unpaired) electrons. The van der Waals surface area contributed by atoms with Crippen LogP contribution in [0.5, 0.6) is 0 Å². The lowest BCUT2D eigenvalue weighted by Gasteiger charge is -2.56. The molecular formula is C30H36N2O3. The van der Waals surface area contributed by atoms with E-state index < -0.39 is 17.8 Å². The molecule has 1 saturated heterocycles. The van der Waals surface area contributed by atoms with Crippen LogP contribution in [0.4, 0.5) is 0 Å². The van der Waals surface area contributed by atoms with Crippen molar-refractivity contribution >= 4 is 10.8 Å². The summed E-state index contributed by atoms with van der Waals surface area (Å²) in [4.78, 5) is 6.40. The molecule has 3 heterocycles.